The lowest BCUT2D eigenvalue weighted by atomic mass is 10.2. The molecule has 0 aliphatic carbocycles. The normalized spacial score (nSPS) is 11.1. The fourth-order valence-corrected chi connectivity index (χ4v) is 2.15. The predicted octanol–water partition coefficient (Wildman–Crippen LogP) is 2.83. The molecule has 2 aromatic rings. The Morgan fingerprint density at radius 1 is 1.23 bits per heavy atom. The van der Waals surface area contributed by atoms with Crippen molar-refractivity contribution in [2.45, 2.75) is 6.18 Å². The minimum absolute atomic E-state index is 0.102. The fraction of sp³-hybridized carbons (Fsp3) is 0.250. The van der Waals surface area contributed by atoms with Gasteiger partial charge in [-0.2, -0.15) is 13.2 Å². The molecule has 1 aromatic carbocycles. The summed E-state index contributed by atoms with van der Waals surface area (Å²) in [7, 11) is 2.79. The number of anilines is 1. The van der Waals surface area contributed by atoms with Crippen molar-refractivity contribution in [2.75, 3.05) is 19.5 Å². The molecule has 0 unspecified atom stereocenters. The van der Waals surface area contributed by atoms with Crippen LogP contribution in [0.1, 0.15) is 15.4 Å². The van der Waals surface area contributed by atoms with Gasteiger partial charge < -0.3 is 9.47 Å². The minimum atomic E-state index is -4.60. The monoisotopic (exact) mass is 333 g/mol. The van der Waals surface area contributed by atoms with Crippen molar-refractivity contribution in [2.24, 2.45) is 0 Å². The highest BCUT2D eigenvalue weighted by Crippen LogP contribution is 2.33. The van der Waals surface area contributed by atoms with Crippen molar-refractivity contribution in [1.29, 1.82) is 0 Å². The molecular formula is C12H10F3N3O3S. The Kier molecular flexibility index (Phi) is 4.50. The average Bonchev–Trinajstić information content (AvgIpc) is 2.95. The van der Waals surface area contributed by atoms with E-state index in [0.29, 0.717) is 5.75 Å². The summed E-state index contributed by atoms with van der Waals surface area (Å²) in [4.78, 5) is 12.1. The number of nitrogens with zero attached hydrogens (tertiary/aromatic N) is 2. The van der Waals surface area contributed by atoms with Crippen molar-refractivity contribution in [3.63, 3.8) is 0 Å². The molecule has 10 heteroatoms. The number of nitrogens with one attached hydrogen (secondary N) is 1. The number of carbonyl (C=O) groups is 1. The molecule has 0 spiro atoms. The lowest BCUT2D eigenvalue weighted by Gasteiger charge is -2.09. The molecule has 0 fully saturated rings. The van der Waals surface area contributed by atoms with Crippen LogP contribution in [0.25, 0.3) is 0 Å². The summed E-state index contributed by atoms with van der Waals surface area (Å²) in [6, 6.07) is 4.50. The first-order valence-electron chi connectivity index (χ1n) is 5.79. The van der Waals surface area contributed by atoms with Gasteiger partial charge in [-0.3, -0.25) is 10.1 Å². The first-order valence-corrected chi connectivity index (χ1v) is 6.61. The van der Waals surface area contributed by atoms with Crippen LogP contribution < -0.4 is 14.8 Å². The Balaban J connectivity index is 2.24. The maximum atomic E-state index is 12.4. The van der Waals surface area contributed by atoms with Crippen molar-refractivity contribution in [1.82, 2.24) is 10.2 Å². The summed E-state index contributed by atoms with van der Waals surface area (Å²) in [6.07, 6.45) is -4.60. The Morgan fingerprint density at radius 3 is 2.50 bits per heavy atom. The molecule has 0 saturated carbocycles. The van der Waals surface area contributed by atoms with E-state index >= 15 is 0 Å². The van der Waals surface area contributed by atoms with Crippen molar-refractivity contribution >= 4 is 22.4 Å². The third kappa shape index (κ3) is 3.45. The molecule has 0 aliphatic rings. The first-order chi connectivity index (χ1) is 10.3. The number of aromatic nitrogens is 2. The molecule has 0 bridgehead atoms. The third-order valence-electron chi connectivity index (χ3n) is 2.54. The van der Waals surface area contributed by atoms with E-state index in [0.717, 1.165) is 0 Å². The maximum absolute atomic E-state index is 12.4. The summed E-state index contributed by atoms with van der Waals surface area (Å²) in [5, 5.41) is 7.12. The predicted molar refractivity (Wildman–Crippen MR) is 72.4 cm³/mol. The van der Waals surface area contributed by atoms with Crippen LogP contribution in [-0.2, 0) is 6.18 Å². The second kappa shape index (κ2) is 6.18. The Bertz CT molecular complexity index is 688. The topological polar surface area (TPSA) is 73.3 Å². The highest BCUT2D eigenvalue weighted by molar-refractivity contribution is 7.15. The zero-order valence-electron chi connectivity index (χ0n) is 11.4. The number of benzene rings is 1. The van der Waals surface area contributed by atoms with Crippen LogP contribution in [0.15, 0.2) is 18.2 Å². The number of hydrogen-bond donors (Lipinski definition) is 1. The van der Waals surface area contributed by atoms with E-state index in [1.807, 2.05) is 0 Å². The Morgan fingerprint density at radius 2 is 1.95 bits per heavy atom. The van der Waals surface area contributed by atoms with Gasteiger partial charge in [-0.15, -0.1) is 10.2 Å². The van der Waals surface area contributed by atoms with E-state index in [-0.39, 0.29) is 27.8 Å². The molecule has 1 heterocycles. The van der Waals surface area contributed by atoms with E-state index in [9.17, 15) is 18.0 Å². The molecule has 0 aliphatic heterocycles. The number of ether oxygens (including phenoxy) is 2. The number of carbonyl (C=O) groups excluding carboxylic acids is 1. The quantitative estimate of drug-likeness (QED) is 0.931. The number of hydrogen-bond acceptors (Lipinski definition) is 6. The number of halogens is 3. The van der Waals surface area contributed by atoms with Crippen LogP contribution in [-0.4, -0.2) is 30.3 Å². The molecular weight excluding hydrogens is 323 g/mol. The van der Waals surface area contributed by atoms with Crippen LogP contribution in [0.4, 0.5) is 18.3 Å². The van der Waals surface area contributed by atoms with Gasteiger partial charge in [0.25, 0.3) is 5.91 Å². The number of alkyl halides is 3. The highest BCUT2D eigenvalue weighted by atomic mass is 32.1. The molecule has 1 N–H and O–H groups in total. The molecule has 118 valence electrons. The molecule has 0 atom stereocenters. The van der Waals surface area contributed by atoms with Gasteiger partial charge in [-0.1, -0.05) is 11.3 Å². The molecule has 0 radical (unpaired) electrons. The van der Waals surface area contributed by atoms with Crippen LogP contribution in [0.2, 0.25) is 0 Å². The van der Waals surface area contributed by atoms with E-state index in [2.05, 4.69) is 15.5 Å². The molecule has 1 aromatic heterocycles. The van der Waals surface area contributed by atoms with E-state index in [1.54, 1.807) is 6.07 Å². The van der Waals surface area contributed by atoms with E-state index in [1.165, 1.54) is 26.4 Å². The molecule has 22 heavy (non-hydrogen) atoms. The van der Waals surface area contributed by atoms with Crippen LogP contribution in [0, 0.1) is 0 Å². The lowest BCUT2D eigenvalue weighted by Crippen LogP contribution is -2.13. The summed E-state index contributed by atoms with van der Waals surface area (Å²) in [5.74, 6) is -0.0290. The van der Waals surface area contributed by atoms with Gasteiger partial charge in [0.05, 0.1) is 19.8 Å². The zero-order chi connectivity index (χ0) is 16.3. The molecule has 1 amide bonds. The lowest BCUT2D eigenvalue weighted by molar-refractivity contribution is -0.138. The van der Waals surface area contributed by atoms with Gasteiger partial charge in [-0.05, 0) is 18.2 Å². The SMILES string of the molecule is COc1ccc(OC)c(C(=O)Nc2nnc(C(F)(F)F)s2)c1. The maximum Gasteiger partial charge on any atom is 0.445 e. The number of methoxy groups -OCH3 is 2. The minimum Gasteiger partial charge on any atom is -0.497 e. The second-order valence-electron chi connectivity index (χ2n) is 3.93. The number of rotatable bonds is 4. The molecule has 0 saturated heterocycles. The van der Waals surface area contributed by atoms with Crippen LogP contribution in [0.3, 0.4) is 0 Å². The van der Waals surface area contributed by atoms with Crippen LogP contribution >= 0.6 is 11.3 Å². The van der Waals surface area contributed by atoms with Crippen molar-refractivity contribution in [3.05, 3.63) is 28.8 Å². The fourth-order valence-electron chi connectivity index (χ4n) is 1.54. The Hall–Kier alpha value is -2.36. The van der Waals surface area contributed by atoms with Gasteiger partial charge in [0, 0.05) is 0 Å². The average molecular weight is 333 g/mol. The van der Waals surface area contributed by atoms with E-state index < -0.39 is 17.1 Å². The second-order valence-corrected chi connectivity index (χ2v) is 4.91. The van der Waals surface area contributed by atoms with Gasteiger partial charge in [-0.25, -0.2) is 0 Å². The summed E-state index contributed by atoms with van der Waals surface area (Å²) in [5.41, 5.74) is 0.102. The molecule has 6 nitrogen and oxygen atoms in total. The zero-order valence-corrected chi connectivity index (χ0v) is 12.2. The Labute approximate surface area is 126 Å². The van der Waals surface area contributed by atoms with Crippen molar-refractivity contribution < 1.29 is 27.4 Å². The smallest absolute Gasteiger partial charge is 0.445 e. The van der Waals surface area contributed by atoms with Crippen molar-refractivity contribution in [3.8, 4) is 11.5 Å². The van der Waals surface area contributed by atoms with Gasteiger partial charge in [0.1, 0.15) is 11.5 Å². The van der Waals surface area contributed by atoms with E-state index in [4.69, 9.17) is 9.47 Å². The third-order valence-corrected chi connectivity index (χ3v) is 3.42. The van der Waals surface area contributed by atoms with Gasteiger partial charge >= 0.3 is 6.18 Å². The van der Waals surface area contributed by atoms with Gasteiger partial charge in [0.15, 0.2) is 0 Å². The number of amides is 1. The van der Waals surface area contributed by atoms with Crippen LogP contribution in [0.5, 0.6) is 11.5 Å². The largest absolute Gasteiger partial charge is 0.497 e. The summed E-state index contributed by atoms with van der Waals surface area (Å²) in [6.45, 7) is 0. The summed E-state index contributed by atoms with van der Waals surface area (Å²) >= 11 is 0.235. The van der Waals surface area contributed by atoms with Gasteiger partial charge in [0.2, 0.25) is 10.1 Å². The molecule has 2 rings (SSSR count). The first kappa shape index (κ1) is 16.0. The highest BCUT2D eigenvalue weighted by Gasteiger charge is 2.35. The standard InChI is InChI=1S/C12H10F3N3O3S/c1-20-6-3-4-8(21-2)7(5-6)9(19)16-11-18-17-10(22-11)12(13,14)15/h3-5H,1-2H3,(H,16,18,19). The summed E-state index contributed by atoms with van der Waals surface area (Å²) < 4.78 is 47.3.